The largest absolute Gasteiger partial charge is 0.483 e. The molecule has 0 radical (unpaired) electrons. The lowest BCUT2D eigenvalue weighted by Crippen LogP contribution is -2.29. The van der Waals surface area contributed by atoms with Gasteiger partial charge in [0.2, 0.25) is 0 Å². The first-order valence-electron chi connectivity index (χ1n) is 10.5. The van der Waals surface area contributed by atoms with E-state index in [1.807, 2.05) is 50.2 Å². The number of aromatic nitrogens is 2. The number of hydrogen-bond acceptors (Lipinski definition) is 3. The molecule has 0 aliphatic heterocycles. The summed E-state index contributed by atoms with van der Waals surface area (Å²) in [5.41, 5.74) is 4.24. The maximum atomic E-state index is 12.3. The summed E-state index contributed by atoms with van der Waals surface area (Å²) >= 11 is 0. The van der Waals surface area contributed by atoms with Crippen molar-refractivity contribution in [3.05, 3.63) is 59.4 Å². The van der Waals surface area contributed by atoms with Crippen LogP contribution in [0.1, 0.15) is 49.6 Å². The number of fused-ring (bicyclic) bond motifs is 1. The van der Waals surface area contributed by atoms with Crippen LogP contribution in [0.4, 0.5) is 0 Å². The van der Waals surface area contributed by atoms with E-state index < -0.39 is 0 Å². The number of ether oxygens (including phenoxy) is 1. The molecule has 0 saturated heterocycles. The fraction of sp³-hybridized carbons (Fsp3) is 0.417. The Kier molecular flexibility index (Phi) is 7.28. The minimum Gasteiger partial charge on any atom is -0.483 e. The SMILES string of the molecule is CCCCCCn1c(CNC(=O)COc2cc(C)ccc2C)nc2ccccc21. The molecule has 0 saturated carbocycles. The number of amides is 1. The van der Waals surface area contributed by atoms with E-state index in [1.54, 1.807) is 0 Å². The summed E-state index contributed by atoms with van der Waals surface area (Å²) in [6.45, 7) is 7.53. The van der Waals surface area contributed by atoms with Crippen LogP contribution in [0.2, 0.25) is 0 Å². The Morgan fingerprint density at radius 1 is 1.10 bits per heavy atom. The number of carbonyl (C=O) groups is 1. The van der Waals surface area contributed by atoms with E-state index in [1.165, 1.54) is 19.3 Å². The lowest BCUT2D eigenvalue weighted by molar-refractivity contribution is -0.123. The number of carbonyl (C=O) groups excluding carboxylic acids is 1. The van der Waals surface area contributed by atoms with Crippen LogP contribution in [-0.2, 0) is 17.9 Å². The number of para-hydroxylation sites is 2. The first-order chi connectivity index (χ1) is 14.1. The minimum absolute atomic E-state index is 0.00101. The van der Waals surface area contributed by atoms with Gasteiger partial charge in [0.25, 0.3) is 5.91 Å². The number of aryl methyl sites for hydroxylation is 3. The van der Waals surface area contributed by atoms with Crippen LogP contribution >= 0.6 is 0 Å². The smallest absolute Gasteiger partial charge is 0.258 e. The van der Waals surface area contributed by atoms with Crippen molar-refractivity contribution in [3.8, 4) is 5.75 Å². The van der Waals surface area contributed by atoms with Crippen molar-refractivity contribution in [3.63, 3.8) is 0 Å². The van der Waals surface area contributed by atoms with Gasteiger partial charge >= 0.3 is 0 Å². The Morgan fingerprint density at radius 3 is 2.76 bits per heavy atom. The lowest BCUT2D eigenvalue weighted by Gasteiger charge is -2.12. The third-order valence-corrected chi connectivity index (χ3v) is 5.11. The van der Waals surface area contributed by atoms with Crippen LogP contribution in [0.5, 0.6) is 5.75 Å². The molecule has 1 N–H and O–H groups in total. The summed E-state index contributed by atoms with van der Waals surface area (Å²) < 4.78 is 7.94. The number of rotatable bonds is 10. The van der Waals surface area contributed by atoms with E-state index in [9.17, 15) is 4.79 Å². The van der Waals surface area contributed by atoms with Crippen LogP contribution in [0.15, 0.2) is 42.5 Å². The zero-order valence-electron chi connectivity index (χ0n) is 17.7. The van der Waals surface area contributed by atoms with Crippen LogP contribution < -0.4 is 10.1 Å². The van der Waals surface area contributed by atoms with Crippen molar-refractivity contribution in [1.29, 1.82) is 0 Å². The maximum absolute atomic E-state index is 12.3. The van der Waals surface area contributed by atoms with Crippen LogP contribution in [0.25, 0.3) is 11.0 Å². The molecule has 0 unspecified atom stereocenters. The normalized spacial score (nSPS) is 11.0. The van der Waals surface area contributed by atoms with Crippen molar-refractivity contribution < 1.29 is 9.53 Å². The van der Waals surface area contributed by atoms with E-state index in [2.05, 4.69) is 22.9 Å². The second kappa shape index (κ2) is 10.1. The van der Waals surface area contributed by atoms with E-state index in [0.29, 0.717) is 6.54 Å². The van der Waals surface area contributed by atoms with Crippen LogP contribution in [0.3, 0.4) is 0 Å². The Morgan fingerprint density at radius 2 is 1.93 bits per heavy atom. The summed E-state index contributed by atoms with van der Waals surface area (Å²) in [7, 11) is 0. The highest BCUT2D eigenvalue weighted by molar-refractivity contribution is 5.78. The highest BCUT2D eigenvalue weighted by atomic mass is 16.5. The fourth-order valence-electron chi connectivity index (χ4n) is 3.44. The fourth-order valence-corrected chi connectivity index (χ4v) is 3.44. The van der Waals surface area contributed by atoms with E-state index in [4.69, 9.17) is 9.72 Å². The molecule has 0 aliphatic rings. The predicted molar refractivity (Wildman–Crippen MR) is 117 cm³/mol. The summed E-state index contributed by atoms with van der Waals surface area (Å²) in [4.78, 5) is 17.1. The van der Waals surface area contributed by atoms with E-state index in [0.717, 1.165) is 46.7 Å². The second-order valence-electron chi connectivity index (χ2n) is 7.56. The molecule has 5 heteroatoms. The molecule has 1 aromatic heterocycles. The molecule has 29 heavy (non-hydrogen) atoms. The van der Waals surface area contributed by atoms with Crippen molar-refractivity contribution in [2.45, 2.75) is 59.5 Å². The number of nitrogens with one attached hydrogen (secondary N) is 1. The van der Waals surface area contributed by atoms with Crippen LogP contribution in [0, 0.1) is 13.8 Å². The summed E-state index contributed by atoms with van der Waals surface area (Å²) in [5.74, 6) is 1.50. The summed E-state index contributed by atoms with van der Waals surface area (Å²) in [6, 6.07) is 14.1. The van der Waals surface area contributed by atoms with Gasteiger partial charge in [-0.05, 0) is 49.6 Å². The molecule has 3 rings (SSSR count). The number of hydrogen-bond donors (Lipinski definition) is 1. The van der Waals surface area contributed by atoms with Gasteiger partial charge in [-0.15, -0.1) is 0 Å². The molecule has 2 aromatic carbocycles. The zero-order valence-corrected chi connectivity index (χ0v) is 17.7. The zero-order chi connectivity index (χ0) is 20.6. The average molecular weight is 394 g/mol. The van der Waals surface area contributed by atoms with E-state index in [-0.39, 0.29) is 12.5 Å². The summed E-state index contributed by atoms with van der Waals surface area (Å²) in [6.07, 6.45) is 4.78. The van der Waals surface area contributed by atoms with Gasteiger partial charge in [0.1, 0.15) is 11.6 Å². The molecule has 1 heterocycles. The third kappa shape index (κ3) is 5.59. The first kappa shape index (κ1) is 20.9. The van der Waals surface area contributed by atoms with Gasteiger partial charge in [-0.25, -0.2) is 4.98 Å². The monoisotopic (exact) mass is 393 g/mol. The quantitative estimate of drug-likeness (QED) is 0.497. The van der Waals surface area contributed by atoms with Gasteiger partial charge < -0.3 is 14.6 Å². The topological polar surface area (TPSA) is 56.2 Å². The Balaban J connectivity index is 1.61. The Hall–Kier alpha value is -2.82. The lowest BCUT2D eigenvalue weighted by atomic mass is 10.1. The van der Waals surface area contributed by atoms with Crippen molar-refractivity contribution in [2.24, 2.45) is 0 Å². The van der Waals surface area contributed by atoms with Crippen molar-refractivity contribution in [1.82, 2.24) is 14.9 Å². The summed E-state index contributed by atoms with van der Waals surface area (Å²) in [5, 5.41) is 2.96. The number of nitrogens with zero attached hydrogens (tertiary/aromatic N) is 2. The molecule has 0 atom stereocenters. The van der Waals surface area contributed by atoms with Gasteiger partial charge in [-0.3, -0.25) is 4.79 Å². The molecular weight excluding hydrogens is 362 g/mol. The van der Waals surface area contributed by atoms with Crippen molar-refractivity contribution >= 4 is 16.9 Å². The van der Waals surface area contributed by atoms with Gasteiger partial charge in [-0.2, -0.15) is 0 Å². The van der Waals surface area contributed by atoms with Crippen LogP contribution in [-0.4, -0.2) is 22.1 Å². The molecule has 0 aliphatic carbocycles. The Bertz CT molecular complexity index is 962. The maximum Gasteiger partial charge on any atom is 0.258 e. The predicted octanol–water partition coefficient (Wildman–Crippen LogP) is 4.93. The minimum atomic E-state index is -0.143. The molecule has 3 aromatic rings. The molecule has 5 nitrogen and oxygen atoms in total. The second-order valence-corrected chi connectivity index (χ2v) is 7.56. The third-order valence-electron chi connectivity index (χ3n) is 5.11. The van der Waals surface area contributed by atoms with Gasteiger partial charge in [-0.1, -0.05) is 50.5 Å². The number of imidazole rings is 1. The van der Waals surface area contributed by atoms with Gasteiger partial charge in [0.15, 0.2) is 6.61 Å². The van der Waals surface area contributed by atoms with Gasteiger partial charge in [0.05, 0.1) is 17.6 Å². The Labute approximate surface area is 173 Å². The standard InChI is InChI=1S/C24H31N3O2/c1-4-5-6-9-14-27-21-11-8-7-10-20(21)26-23(27)16-25-24(28)17-29-22-15-18(2)12-13-19(22)3/h7-8,10-13,15H,4-6,9,14,16-17H2,1-3H3,(H,25,28). The highest BCUT2D eigenvalue weighted by Crippen LogP contribution is 2.19. The molecule has 0 spiro atoms. The van der Waals surface area contributed by atoms with Gasteiger partial charge in [0, 0.05) is 6.54 Å². The molecule has 154 valence electrons. The highest BCUT2D eigenvalue weighted by Gasteiger charge is 2.12. The molecule has 0 bridgehead atoms. The number of benzene rings is 2. The first-order valence-corrected chi connectivity index (χ1v) is 10.5. The number of unbranched alkanes of at least 4 members (excludes halogenated alkanes) is 3. The molecule has 1 amide bonds. The molecular formula is C24H31N3O2. The van der Waals surface area contributed by atoms with E-state index >= 15 is 0 Å². The van der Waals surface area contributed by atoms with Crippen molar-refractivity contribution in [2.75, 3.05) is 6.61 Å². The average Bonchev–Trinajstić information content (AvgIpc) is 3.08. The molecule has 0 fully saturated rings.